The molecule has 4 aromatic carbocycles. The van der Waals surface area contributed by atoms with Crippen molar-refractivity contribution >= 4 is 34.9 Å². The summed E-state index contributed by atoms with van der Waals surface area (Å²) in [6.07, 6.45) is 0.345. The van der Waals surface area contributed by atoms with E-state index in [0.717, 1.165) is 0 Å². The van der Waals surface area contributed by atoms with Crippen molar-refractivity contribution in [2.75, 3.05) is 61.4 Å². The summed E-state index contributed by atoms with van der Waals surface area (Å²) in [6.45, 7) is -0.219. The van der Waals surface area contributed by atoms with Crippen LogP contribution in [0.15, 0.2) is 54.6 Å². The summed E-state index contributed by atoms with van der Waals surface area (Å²) in [5, 5.41) is 26.3. The number of nitro groups is 1. The number of fused-ring (bicyclic) bond motifs is 3. The zero-order valence-corrected chi connectivity index (χ0v) is 31.2. The molecule has 0 radical (unpaired) electrons. The van der Waals surface area contributed by atoms with Crippen LogP contribution in [0.5, 0.6) is 46.0 Å². The van der Waals surface area contributed by atoms with Gasteiger partial charge in [0.1, 0.15) is 0 Å². The molecule has 7 rings (SSSR count). The molecule has 2 aliphatic heterocycles. The van der Waals surface area contributed by atoms with Crippen LogP contribution in [0, 0.1) is 22.0 Å². The van der Waals surface area contributed by atoms with Gasteiger partial charge in [-0.25, -0.2) is 0 Å². The molecule has 1 aliphatic carbocycles. The Kier molecular flexibility index (Phi) is 10.2. The number of ether oxygens (including phenoxy) is 9. The monoisotopic (exact) mass is 770 g/mol. The number of non-ortho nitro benzene ring substituents is 1. The highest BCUT2D eigenvalue weighted by atomic mass is 16.7. The Morgan fingerprint density at radius 2 is 1.43 bits per heavy atom. The molecule has 1 saturated heterocycles. The Bertz CT molecular complexity index is 2200. The molecule has 4 atom stereocenters. The van der Waals surface area contributed by atoms with Gasteiger partial charge in [-0.2, -0.15) is 0 Å². The number of hydrogen-bond acceptors (Lipinski definition) is 14. The van der Waals surface area contributed by atoms with E-state index in [-0.39, 0.29) is 59.1 Å². The predicted octanol–water partition coefficient (Wildman–Crippen LogP) is 5.52. The number of esters is 1. The van der Waals surface area contributed by atoms with E-state index in [9.17, 15) is 24.8 Å². The maximum atomic E-state index is 14.9. The van der Waals surface area contributed by atoms with E-state index < -0.39 is 40.7 Å². The summed E-state index contributed by atoms with van der Waals surface area (Å²) in [5.74, 6) is -1.39. The molecular weight excluding hydrogens is 732 g/mol. The minimum atomic E-state index is -1.20. The highest BCUT2D eigenvalue weighted by Crippen LogP contribution is 2.59. The number of aliphatic hydroxyl groups excluding tert-OH is 1. The third-order valence-corrected chi connectivity index (χ3v) is 10.2. The Balaban J connectivity index is 1.45. The largest absolute Gasteiger partial charge is 0.493 e. The molecule has 16 nitrogen and oxygen atoms in total. The predicted molar refractivity (Wildman–Crippen MR) is 199 cm³/mol. The second-order valence-electron chi connectivity index (χ2n) is 13.0. The van der Waals surface area contributed by atoms with Gasteiger partial charge in [-0.15, -0.1) is 0 Å². The van der Waals surface area contributed by atoms with Gasteiger partial charge in [-0.05, 0) is 76.4 Å². The molecule has 4 aromatic rings. The molecule has 3 aliphatic rings. The molecule has 0 unspecified atom stereocenters. The molecule has 0 saturated carbocycles. The second-order valence-corrected chi connectivity index (χ2v) is 13.0. The average Bonchev–Trinajstić information content (AvgIpc) is 3.86. The smallest absolute Gasteiger partial charge is 0.310 e. The molecule has 0 spiro atoms. The normalized spacial score (nSPS) is 19.3. The number of nitrogens with one attached hydrogen (secondary N) is 1. The van der Waals surface area contributed by atoms with Gasteiger partial charge in [0.05, 0.1) is 71.9 Å². The van der Waals surface area contributed by atoms with Crippen LogP contribution < -0.4 is 43.2 Å². The van der Waals surface area contributed by atoms with Crippen molar-refractivity contribution in [3.63, 3.8) is 0 Å². The van der Waals surface area contributed by atoms with E-state index in [2.05, 4.69) is 5.32 Å². The van der Waals surface area contributed by atoms with Gasteiger partial charge in [-0.3, -0.25) is 19.7 Å². The van der Waals surface area contributed by atoms with Crippen molar-refractivity contribution in [2.24, 2.45) is 11.8 Å². The van der Waals surface area contributed by atoms with E-state index in [0.29, 0.717) is 45.1 Å². The zero-order valence-electron chi connectivity index (χ0n) is 31.2. The van der Waals surface area contributed by atoms with Crippen LogP contribution in [0.2, 0.25) is 0 Å². The molecular formula is C40H38N2O14. The third kappa shape index (κ3) is 6.36. The minimum absolute atomic E-state index is 0.0373. The Labute approximate surface area is 320 Å². The molecule has 16 heteroatoms. The number of aliphatic hydroxyl groups is 1. The SMILES string of the molecule is COc1cc(/C(=C\c2ccc([N+](=O)[O-])cc2)C(=O)Nc2c3c(cc4c2[C@@H](c2cc(OC)c(OC)c(OC)c2)[C@H]2C(=O)OC[C@@H]2[C@H]4O)OCO3)cc(OC)c1OC. The van der Waals surface area contributed by atoms with E-state index >= 15 is 0 Å². The first-order valence-electron chi connectivity index (χ1n) is 17.3. The van der Waals surface area contributed by atoms with Gasteiger partial charge < -0.3 is 53.1 Å². The fourth-order valence-electron chi connectivity index (χ4n) is 7.63. The molecule has 292 valence electrons. The van der Waals surface area contributed by atoms with Crippen molar-refractivity contribution in [1.82, 2.24) is 0 Å². The number of rotatable bonds is 12. The minimum Gasteiger partial charge on any atom is -0.493 e. The first-order valence-corrected chi connectivity index (χ1v) is 17.3. The lowest BCUT2D eigenvalue weighted by atomic mass is 9.65. The summed E-state index contributed by atoms with van der Waals surface area (Å²) >= 11 is 0. The molecule has 1 amide bonds. The van der Waals surface area contributed by atoms with Gasteiger partial charge in [0.15, 0.2) is 34.5 Å². The standard InChI is InChI=1S/C40H38N2O14/c1-48-26-12-20(13-27(49-2)36(26)52-5)23(11-19-7-9-22(10-8-19)42(46)47)39(44)41-34-32-24(16-30-38(34)56-18-55-30)35(43)25-17-54-40(45)33(25)31(32)21-14-28(50-3)37(53-6)29(15-21)51-4/h7-16,25,31,33,35,43H,17-18H2,1-6H3,(H,41,44)/b23-11+/t25-,31+,33-,35-/m0/s1. The molecule has 0 aromatic heterocycles. The first kappa shape index (κ1) is 37.6. The number of hydrogen-bond donors (Lipinski definition) is 2. The van der Waals surface area contributed by atoms with E-state index in [1.807, 2.05) is 0 Å². The van der Waals surface area contributed by atoms with Crippen LogP contribution in [-0.2, 0) is 14.3 Å². The Morgan fingerprint density at radius 1 is 0.839 bits per heavy atom. The van der Waals surface area contributed by atoms with Crippen molar-refractivity contribution in [1.29, 1.82) is 0 Å². The number of carbonyl (C=O) groups is 2. The van der Waals surface area contributed by atoms with Crippen molar-refractivity contribution in [3.8, 4) is 46.0 Å². The van der Waals surface area contributed by atoms with Crippen molar-refractivity contribution in [3.05, 3.63) is 92.5 Å². The number of nitro benzene ring substituents is 1. The quantitative estimate of drug-likeness (QED) is 0.0601. The highest BCUT2D eigenvalue weighted by molar-refractivity contribution is 6.29. The van der Waals surface area contributed by atoms with Gasteiger partial charge in [-0.1, -0.05) is 0 Å². The fraction of sp³-hybridized carbons (Fsp3) is 0.300. The van der Waals surface area contributed by atoms with E-state index in [4.69, 9.17) is 42.6 Å². The summed E-state index contributed by atoms with van der Waals surface area (Å²) in [4.78, 5) is 39.5. The van der Waals surface area contributed by atoms with Crippen molar-refractivity contribution < 1.29 is 62.3 Å². The summed E-state index contributed by atoms with van der Waals surface area (Å²) < 4.78 is 51.0. The van der Waals surface area contributed by atoms with Gasteiger partial charge in [0.25, 0.3) is 11.6 Å². The summed E-state index contributed by atoms with van der Waals surface area (Å²) in [6, 6.07) is 13.9. The molecule has 2 heterocycles. The fourth-order valence-corrected chi connectivity index (χ4v) is 7.63. The lowest BCUT2D eigenvalue weighted by Crippen LogP contribution is -2.35. The lowest BCUT2D eigenvalue weighted by molar-refractivity contribution is -0.384. The summed E-state index contributed by atoms with van der Waals surface area (Å²) in [7, 11) is 8.74. The van der Waals surface area contributed by atoms with Crippen LogP contribution in [-0.4, -0.2) is 78.0 Å². The summed E-state index contributed by atoms with van der Waals surface area (Å²) in [5.41, 5.74) is 2.17. The lowest BCUT2D eigenvalue weighted by Gasteiger charge is -2.38. The number of cyclic esters (lactones) is 1. The first-order chi connectivity index (χ1) is 27.1. The Hall–Kier alpha value is -6.68. The van der Waals surface area contributed by atoms with Gasteiger partial charge in [0, 0.05) is 29.5 Å². The van der Waals surface area contributed by atoms with Crippen LogP contribution >= 0.6 is 0 Å². The van der Waals surface area contributed by atoms with Crippen LogP contribution in [0.3, 0.4) is 0 Å². The van der Waals surface area contributed by atoms with Crippen LogP contribution in [0.4, 0.5) is 11.4 Å². The van der Waals surface area contributed by atoms with E-state index in [1.165, 1.54) is 66.9 Å². The number of nitrogens with zero attached hydrogens (tertiary/aromatic N) is 1. The number of amides is 1. The van der Waals surface area contributed by atoms with Crippen LogP contribution in [0.1, 0.15) is 39.8 Å². The number of methoxy groups -OCH3 is 6. The average molecular weight is 771 g/mol. The molecule has 1 fully saturated rings. The maximum absolute atomic E-state index is 14.9. The third-order valence-electron chi connectivity index (χ3n) is 10.2. The molecule has 56 heavy (non-hydrogen) atoms. The van der Waals surface area contributed by atoms with Gasteiger partial charge >= 0.3 is 5.97 Å². The molecule has 0 bridgehead atoms. The topological polar surface area (TPSA) is 193 Å². The Morgan fingerprint density at radius 3 is 1.98 bits per heavy atom. The number of carbonyl (C=O) groups excluding carboxylic acids is 2. The zero-order chi connectivity index (χ0) is 39.8. The number of anilines is 1. The number of benzene rings is 4. The van der Waals surface area contributed by atoms with Gasteiger partial charge in [0.2, 0.25) is 18.3 Å². The highest BCUT2D eigenvalue weighted by Gasteiger charge is 2.53. The maximum Gasteiger partial charge on any atom is 0.310 e. The second kappa shape index (κ2) is 15.2. The van der Waals surface area contributed by atoms with Crippen molar-refractivity contribution in [2.45, 2.75) is 12.0 Å². The molecule has 2 N–H and O–H groups in total. The van der Waals surface area contributed by atoms with Crippen LogP contribution in [0.25, 0.3) is 11.6 Å². The van der Waals surface area contributed by atoms with E-state index in [1.54, 1.807) is 36.4 Å².